The number of carbonyl (C=O) groups is 1. The van der Waals surface area contributed by atoms with Crippen molar-refractivity contribution in [1.82, 2.24) is 20.0 Å². The number of anilines is 1. The molecule has 0 bridgehead atoms. The fraction of sp³-hybridized carbons (Fsp3) is 0.360. The lowest BCUT2D eigenvalue weighted by Crippen LogP contribution is -2.48. The Morgan fingerprint density at radius 1 is 1.12 bits per heavy atom. The minimum Gasteiger partial charge on any atom is -0.322 e. The normalized spacial score (nSPS) is 17.0. The summed E-state index contributed by atoms with van der Waals surface area (Å²) in [5, 5.41) is 10.8. The van der Waals surface area contributed by atoms with Crippen LogP contribution in [0.1, 0.15) is 34.1 Å². The summed E-state index contributed by atoms with van der Waals surface area (Å²) >= 11 is 0. The summed E-state index contributed by atoms with van der Waals surface area (Å²) in [6, 6.07) is 15.0. The molecule has 180 valence electrons. The highest BCUT2D eigenvalue weighted by Crippen LogP contribution is 2.31. The molecule has 1 fully saturated rings. The Morgan fingerprint density at radius 2 is 1.82 bits per heavy atom. The minimum atomic E-state index is -4.37. The van der Waals surface area contributed by atoms with Crippen LogP contribution in [0.2, 0.25) is 0 Å². The lowest BCUT2D eigenvalue weighted by molar-refractivity contribution is -0.137. The summed E-state index contributed by atoms with van der Waals surface area (Å²) in [5.41, 5.74) is 3.49. The summed E-state index contributed by atoms with van der Waals surface area (Å²) in [6.07, 6.45) is -4.37. The number of hydrogen-bond acceptors (Lipinski definition) is 4. The molecule has 0 aliphatic carbocycles. The van der Waals surface area contributed by atoms with Crippen LogP contribution in [0.5, 0.6) is 0 Å². The van der Waals surface area contributed by atoms with E-state index in [2.05, 4.69) is 15.7 Å². The predicted octanol–water partition coefficient (Wildman–Crippen LogP) is 4.15. The Bertz CT molecular complexity index is 1130. The van der Waals surface area contributed by atoms with E-state index in [4.69, 9.17) is 0 Å². The predicted molar refractivity (Wildman–Crippen MR) is 125 cm³/mol. The van der Waals surface area contributed by atoms with Crippen LogP contribution in [0.4, 0.5) is 18.9 Å². The molecule has 1 unspecified atom stereocenters. The van der Waals surface area contributed by atoms with Gasteiger partial charge >= 0.3 is 6.18 Å². The minimum absolute atomic E-state index is 0.135. The average molecular weight is 472 g/mol. The lowest BCUT2D eigenvalue weighted by atomic mass is 10.0. The van der Waals surface area contributed by atoms with Crippen LogP contribution < -0.4 is 10.6 Å². The van der Waals surface area contributed by atoms with Crippen LogP contribution in [-0.4, -0.2) is 46.8 Å². The molecular formula is C25H28F3N5O. The number of amides is 1. The van der Waals surface area contributed by atoms with Crippen molar-refractivity contribution < 1.29 is 18.0 Å². The van der Waals surface area contributed by atoms with E-state index in [1.54, 1.807) is 0 Å². The fourth-order valence-corrected chi connectivity index (χ4v) is 4.31. The Balaban J connectivity index is 1.44. The molecule has 0 radical (unpaired) electrons. The summed E-state index contributed by atoms with van der Waals surface area (Å²) in [5.74, 6) is -0.177. The first kappa shape index (κ1) is 24.0. The molecule has 3 aromatic rings. The zero-order valence-corrected chi connectivity index (χ0v) is 19.2. The maximum Gasteiger partial charge on any atom is 0.416 e. The third-order valence-corrected chi connectivity index (χ3v) is 6.14. The summed E-state index contributed by atoms with van der Waals surface area (Å²) < 4.78 is 40.6. The van der Waals surface area contributed by atoms with Crippen LogP contribution in [-0.2, 0) is 17.5 Å². The van der Waals surface area contributed by atoms with Crippen molar-refractivity contribution in [1.29, 1.82) is 0 Å². The average Bonchev–Trinajstić information content (AvgIpc) is 3.07. The van der Waals surface area contributed by atoms with Crippen molar-refractivity contribution in [3.63, 3.8) is 0 Å². The van der Waals surface area contributed by atoms with E-state index < -0.39 is 11.7 Å². The Morgan fingerprint density at radius 3 is 2.50 bits per heavy atom. The lowest BCUT2D eigenvalue weighted by Gasteiger charge is -2.36. The molecule has 1 aliphatic heterocycles. The maximum absolute atomic E-state index is 13.0. The van der Waals surface area contributed by atoms with E-state index in [0.29, 0.717) is 31.9 Å². The Hall–Kier alpha value is -3.17. The van der Waals surface area contributed by atoms with Gasteiger partial charge < -0.3 is 10.6 Å². The SMILES string of the molecule is Cc1nn(Cc2ccccc2)c(C)c1NC(=O)CN1CCNCC1c1ccc(C(F)(F)F)cc1. The molecule has 1 aromatic heterocycles. The number of alkyl halides is 3. The molecule has 34 heavy (non-hydrogen) atoms. The molecular weight excluding hydrogens is 443 g/mol. The second-order valence-corrected chi connectivity index (χ2v) is 8.55. The van der Waals surface area contributed by atoms with Crippen molar-refractivity contribution in [2.45, 2.75) is 32.6 Å². The van der Waals surface area contributed by atoms with Gasteiger partial charge in [0.05, 0.1) is 35.7 Å². The second-order valence-electron chi connectivity index (χ2n) is 8.55. The van der Waals surface area contributed by atoms with Gasteiger partial charge in [0.25, 0.3) is 0 Å². The summed E-state index contributed by atoms with van der Waals surface area (Å²) in [4.78, 5) is 14.9. The number of halogens is 3. The van der Waals surface area contributed by atoms with Crippen LogP contribution >= 0.6 is 0 Å². The third kappa shape index (κ3) is 5.48. The molecule has 2 heterocycles. The quantitative estimate of drug-likeness (QED) is 0.567. The van der Waals surface area contributed by atoms with Crippen LogP contribution in [0.15, 0.2) is 54.6 Å². The number of piperazine rings is 1. The first-order valence-electron chi connectivity index (χ1n) is 11.2. The highest BCUT2D eigenvalue weighted by molar-refractivity contribution is 5.93. The molecule has 0 saturated carbocycles. The number of aromatic nitrogens is 2. The maximum atomic E-state index is 13.0. The topological polar surface area (TPSA) is 62.2 Å². The Labute approximate surface area is 196 Å². The van der Waals surface area contributed by atoms with Crippen molar-refractivity contribution in [2.24, 2.45) is 0 Å². The number of carbonyl (C=O) groups excluding carboxylic acids is 1. The van der Waals surface area contributed by atoms with Crippen LogP contribution in [0.3, 0.4) is 0 Å². The van der Waals surface area contributed by atoms with Gasteiger partial charge in [-0.25, -0.2) is 0 Å². The van der Waals surface area contributed by atoms with Gasteiger partial charge in [-0.3, -0.25) is 14.4 Å². The van der Waals surface area contributed by atoms with Crippen LogP contribution in [0.25, 0.3) is 0 Å². The summed E-state index contributed by atoms with van der Waals surface area (Å²) in [7, 11) is 0. The molecule has 1 amide bonds. The molecule has 0 spiro atoms. The van der Waals surface area contributed by atoms with Gasteiger partial charge in [0.1, 0.15) is 0 Å². The molecule has 2 N–H and O–H groups in total. The fourth-order valence-electron chi connectivity index (χ4n) is 4.31. The molecule has 6 nitrogen and oxygen atoms in total. The second kappa shape index (κ2) is 9.99. The zero-order chi connectivity index (χ0) is 24.3. The number of benzene rings is 2. The number of aryl methyl sites for hydroxylation is 1. The van der Waals surface area contributed by atoms with Gasteiger partial charge in [0.2, 0.25) is 5.91 Å². The van der Waals surface area contributed by atoms with Crippen molar-refractivity contribution in [2.75, 3.05) is 31.5 Å². The first-order valence-corrected chi connectivity index (χ1v) is 11.2. The zero-order valence-electron chi connectivity index (χ0n) is 19.2. The van der Waals surface area contributed by atoms with Gasteiger partial charge in [-0.15, -0.1) is 0 Å². The largest absolute Gasteiger partial charge is 0.416 e. The van der Waals surface area contributed by atoms with Gasteiger partial charge in [0.15, 0.2) is 0 Å². The van der Waals surface area contributed by atoms with Gasteiger partial charge in [-0.1, -0.05) is 42.5 Å². The summed E-state index contributed by atoms with van der Waals surface area (Å²) in [6.45, 7) is 6.41. The highest BCUT2D eigenvalue weighted by atomic mass is 19.4. The van der Waals surface area contributed by atoms with Crippen molar-refractivity contribution in [3.05, 3.63) is 82.7 Å². The van der Waals surface area contributed by atoms with Crippen molar-refractivity contribution in [3.8, 4) is 0 Å². The smallest absolute Gasteiger partial charge is 0.322 e. The van der Waals surface area contributed by atoms with Crippen molar-refractivity contribution >= 4 is 11.6 Å². The molecule has 2 aromatic carbocycles. The third-order valence-electron chi connectivity index (χ3n) is 6.14. The number of rotatable bonds is 6. The number of hydrogen-bond donors (Lipinski definition) is 2. The molecule has 1 saturated heterocycles. The van der Waals surface area contributed by atoms with E-state index in [0.717, 1.165) is 34.6 Å². The monoisotopic (exact) mass is 471 g/mol. The van der Waals surface area contributed by atoms with E-state index >= 15 is 0 Å². The van der Waals surface area contributed by atoms with E-state index in [9.17, 15) is 18.0 Å². The number of nitrogens with zero attached hydrogens (tertiary/aromatic N) is 3. The van der Waals surface area contributed by atoms with E-state index in [1.165, 1.54) is 12.1 Å². The standard InChI is InChI=1S/C25H28F3N5O/c1-17-24(18(2)33(31-17)15-19-6-4-3-5-7-19)30-23(34)16-32-13-12-29-14-22(32)20-8-10-21(11-9-20)25(26,27)28/h3-11,22,29H,12-16H2,1-2H3,(H,30,34). The van der Waals surface area contributed by atoms with Crippen LogP contribution in [0, 0.1) is 13.8 Å². The molecule has 1 aliphatic rings. The first-order chi connectivity index (χ1) is 16.2. The number of nitrogens with one attached hydrogen (secondary N) is 2. The molecule has 1 atom stereocenters. The van der Waals surface area contributed by atoms with Gasteiger partial charge in [-0.2, -0.15) is 18.3 Å². The van der Waals surface area contributed by atoms with E-state index in [1.807, 2.05) is 53.8 Å². The van der Waals surface area contributed by atoms with Gasteiger partial charge in [0, 0.05) is 25.7 Å². The molecule has 4 rings (SSSR count). The molecule has 9 heteroatoms. The highest BCUT2D eigenvalue weighted by Gasteiger charge is 2.31. The Kier molecular flexibility index (Phi) is 7.04. The van der Waals surface area contributed by atoms with E-state index in [-0.39, 0.29) is 18.5 Å². The van der Waals surface area contributed by atoms with Gasteiger partial charge in [-0.05, 0) is 37.1 Å².